The monoisotopic (exact) mass is 339 g/mol. The summed E-state index contributed by atoms with van der Waals surface area (Å²) in [5, 5.41) is 8.57. The molecular formula is C19H21N3O3. The van der Waals surface area contributed by atoms with Crippen molar-refractivity contribution in [2.75, 3.05) is 0 Å². The van der Waals surface area contributed by atoms with Crippen LogP contribution in [-0.2, 0) is 11.3 Å². The molecule has 1 fully saturated rings. The molecule has 4 rings (SSSR count). The van der Waals surface area contributed by atoms with E-state index >= 15 is 0 Å². The maximum absolute atomic E-state index is 12.5. The fourth-order valence-corrected chi connectivity index (χ4v) is 3.76. The second-order valence-corrected chi connectivity index (χ2v) is 6.89. The minimum Gasteiger partial charge on any atom is -0.422 e. The van der Waals surface area contributed by atoms with Crippen LogP contribution in [0.5, 0.6) is 0 Å². The normalized spacial score (nSPS) is 20.8. The Balaban J connectivity index is 1.65. The molecule has 1 amide bonds. The number of carbonyl (C=O) groups is 1. The number of hydrogen-bond acceptors (Lipinski definition) is 4. The first kappa shape index (κ1) is 15.9. The average molecular weight is 339 g/mol. The molecule has 2 atom stereocenters. The highest BCUT2D eigenvalue weighted by Gasteiger charge is 2.23. The zero-order valence-corrected chi connectivity index (χ0v) is 14.2. The van der Waals surface area contributed by atoms with Crippen molar-refractivity contribution < 1.29 is 9.21 Å². The largest absolute Gasteiger partial charge is 0.422 e. The lowest BCUT2D eigenvalue weighted by atomic mass is 9.86. The van der Waals surface area contributed by atoms with Gasteiger partial charge >= 0.3 is 5.63 Å². The number of nitrogens with zero attached hydrogens (tertiary/aromatic N) is 2. The lowest BCUT2D eigenvalue weighted by molar-refractivity contribution is -0.123. The Bertz CT molecular complexity index is 988. The van der Waals surface area contributed by atoms with E-state index in [1.54, 1.807) is 10.7 Å². The molecule has 1 aliphatic carbocycles. The van der Waals surface area contributed by atoms with Crippen LogP contribution in [0.3, 0.4) is 0 Å². The van der Waals surface area contributed by atoms with E-state index in [0.717, 1.165) is 24.6 Å². The summed E-state index contributed by atoms with van der Waals surface area (Å²) in [6.45, 7) is 2.28. The van der Waals surface area contributed by atoms with Gasteiger partial charge in [0.15, 0.2) is 0 Å². The molecule has 130 valence electrons. The molecule has 1 aromatic carbocycles. The van der Waals surface area contributed by atoms with Gasteiger partial charge in [-0.1, -0.05) is 31.9 Å². The number of fused-ring (bicyclic) bond motifs is 3. The van der Waals surface area contributed by atoms with Gasteiger partial charge in [0.2, 0.25) is 5.91 Å². The van der Waals surface area contributed by atoms with Crippen molar-refractivity contribution >= 4 is 27.8 Å². The predicted octanol–water partition coefficient (Wildman–Crippen LogP) is 2.84. The van der Waals surface area contributed by atoms with Gasteiger partial charge < -0.3 is 9.73 Å². The average Bonchev–Trinajstić information content (AvgIpc) is 3.02. The number of para-hydroxylation sites is 1. The fraction of sp³-hybridized carbons (Fsp3) is 0.421. The van der Waals surface area contributed by atoms with Crippen molar-refractivity contribution in [1.29, 1.82) is 0 Å². The van der Waals surface area contributed by atoms with Crippen LogP contribution in [0.1, 0.15) is 32.6 Å². The molecule has 3 aromatic rings. The van der Waals surface area contributed by atoms with E-state index < -0.39 is 5.63 Å². The van der Waals surface area contributed by atoms with Gasteiger partial charge in [-0.3, -0.25) is 9.48 Å². The van der Waals surface area contributed by atoms with Gasteiger partial charge in [0, 0.05) is 11.4 Å². The Morgan fingerprint density at radius 1 is 1.28 bits per heavy atom. The Hall–Kier alpha value is -2.63. The van der Waals surface area contributed by atoms with Crippen molar-refractivity contribution in [1.82, 2.24) is 15.1 Å². The molecule has 0 bridgehead atoms. The molecule has 0 aliphatic heterocycles. The van der Waals surface area contributed by atoms with Crippen molar-refractivity contribution in [2.24, 2.45) is 5.92 Å². The molecule has 0 unspecified atom stereocenters. The molecular weight excluding hydrogens is 318 g/mol. The Labute approximate surface area is 144 Å². The van der Waals surface area contributed by atoms with Crippen molar-refractivity contribution in [3.8, 4) is 0 Å². The highest BCUT2D eigenvalue weighted by atomic mass is 16.4. The number of benzene rings is 1. The molecule has 1 N–H and O–H groups in total. The summed E-state index contributed by atoms with van der Waals surface area (Å²) in [7, 11) is 0. The van der Waals surface area contributed by atoms with Gasteiger partial charge in [0.1, 0.15) is 17.5 Å². The zero-order chi connectivity index (χ0) is 17.4. The van der Waals surface area contributed by atoms with Gasteiger partial charge in [-0.25, -0.2) is 4.79 Å². The van der Waals surface area contributed by atoms with E-state index in [0.29, 0.717) is 22.4 Å². The fourth-order valence-electron chi connectivity index (χ4n) is 3.76. The van der Waals surface area contributed by atoms with Crippen molar-refractivity contribution in [3.05, 3.63) is 40.9 Å². The molecule has 6 heteroatoms. The lowest BCUT2D eigenvalue weighted by Gasteiger charge is -2.29. The van der Waals surface area contributed by atoms with Gasteiger partial charge in [0.05, 0.1) is 11.7 Å². The van der Waals surface area contributed by atoms with Crippen LogP contribution in [0.15, 0.2) is 39.7 Å². The van der Waals surface area contributed by atoms with E-state index in [-0.39, 0.29) is 18.5 Å². The van der Waals surface area contributed by atoms with Crippen LogP contribution < -0.4 is 10.9 Å². The third kappa shape index (κ3) is 2.92. The predicted molar refractivity (Wildman–Crippen MR) is 95.3 cm³/mol. The topological polar surface area (TPSA) is 77.1 Å². The van der Waals surface area contributed by atoms with Gasteiger partial charge in [0.25, 0.3) is 0 Å². The van der Waals surface area contributed by atoms with E-state index in [4.69, 9.17) is 4.42 Å². The SMILES string of the molecule is C[C@H]1CCCC[C@@H]1NC(=O)Cn1ncc2c(=O)oc3ccccc3c21. The first-order valence-electron chi connectivity index (χ1n) is 8.80. The second-order valence-electron chi connectivity index (χ2n) is 6.89. The number of carbonyl (C=O) groups excluding carboxylic acids is 1. The summed E-state index contributed by atoms with van der Waals surface area (Å²) in [6.07, 6.45) is 6.05. The quantitative estimate of drug-likeness (QED) is 0.744. The molecule has 1 aliphatic rings. The van der Waals surface area contributed by atoms with E-state index in [2.05, 4.69) is 17.3 Å². The van der Waals surface area contributed by atoms with Gasteiger partial charge in [-0.2, -0.15) is 5.10 Å². The molecule has 6 nitrogen and oxygen atoms in total. The Morgan fingerprint density at radius 2 is 2.08 bits per heavy atom. The van der Waals surface area contributed by atoms with Crippen LogP contribution in [0.25, 0.3) is 21.9 Å². The number of aromatic nitrogens is 2. The summed E-state index contributed by atoms with van der Waals surface area (Å²) in [4.78, 5) is 24.6. The minimum absolute atomic E-state index is 0.0685. The van der Waals surface area contributed by atoms with Gasteiger partial charge in [-0.15, -0.1) is 0 Å². The summed E-state index contributed by atoms with van der Waals surface area (Å²) < 4.78 is 6.91. The smallest absolute Gasteiger partial charge is 0.347 e. The van der Waals surface area contributed by atoms with E-state index in [1.165, 1.54) is 12.6 Å². The van der Waals surface area contributed by atoms with Crippen LogP contribution in [0.4, 0.5) is 0 Å². The first-order valence-corrected chi connectivity index (χ1v) is 8.80. The Morgan fingerprint density at radius 3 is 2.92 bits per heavy atom. The number of nitrogens with one attached hydrogen (secondary N) is 1. The number of rotatable bonds is 3. The molecule has 2 heterocycles. The van der Waals surface area contributed by atoms with Crippen LogP contribution in [0, 0.1) is 5.92 Å². The molecule has 0 spiro atoms. The highest BCUT2D eigenvalue weighted by Crippen LogP contribution is 2.24. The lowest BCUT2D eigenvalue weighted by Crippen LogP contribution is -2.42. The highest BCUT2D eigenvalue weighted by molar-refractivity contribution is 6.02. The molecule has 0 radical (unpaired) electrons. The maximum Gasteiger partial charge on any atom is 0.347 e. The van der Waals surface area contributed by atoms with Crippen molar-refractivity contribution in [2.45, 2.75) is 45.2 Å². The van der Waals surface area contributed by atoms with Crippen LogP contribution in [0.2, 0.25) is 0 Å². The van der Waals surface area contributed by atoms with E-state index in [9.17, 15) is 9.59 Å². The number of hydrogen-bond donors (Lipinski definition) is 1. The summed E-state index contributed by atoms with van der Waals surface area (Å²) >= 11 is 0. The third-order valence-electron chi connectivity index (χ3n) is 5.16. The number of amides is 1. The summed E-state index contributed by atoms with van der Waals surface area (Å²) in [6, 6.07) is 7.54. The standard InChI is InChI=1S/C19H21N3O3/c1-12-6-2-4-8-15(12)21-17(23)11-22-18-13-7-3-5-9-16(13)25-19(24)14(18)10-20-22/h3,5,7,9-10,12,15H,2,4,6,8,11H2,1H3,(H,21,23)/t12-,15-/m0/s1. The van der Waals surface area contributed by atoms with Crippen molar-refractivity contribution in [3.63, 3.8) is 0 Å². The second kappa shape index (κ2) is 6.35. The van der Waals surface area contributed by atoms with Gasteiger partial charge in [-0.05, 0) is 30.9 Å². The van der Waals surface area contributed by atoms with Crippen LogP contribution >= 0.6 is 0 Å². The van der Waals surface area contributed by atoms with E-state index in [1.807, 2.05) is 18.2 Å². The zero-order valence-electron chi connectivity index (χ0n) is 14.2. The maximum atomic E-state index is 12.5. The minimum atomic E-state index is -0.429. The first-order chi connectivity index (χ1) is 12.1. The third-order valence-corrected chi connectivity index (χ3v) is 5.16. The summed E-state index contributed by atoms with van der Waals surface area (Å²) in [5.41, 5.74) is 0.725. The summed E-state index contributed by atoms with van der Waals surface area (Å²) in [5.74, 6) is 0.431. The molecule has 1 saturated carbocycles. The molecule has 25 heavy (non-hydrogen) atoms. The molecule has 2 aromatic heterocycles. The van der Waals surface area contributed by atoms with Crippen LogP contribution in [-0.4, -0.2) is 21.7 Å². The molecule has 0 saturated heterocycles. The Kier molecular flexibility index (Phi) is 4.03.